The number of carbonyl (C=O) groups excluding carboxylic acids is 4. The summed E-state index contributed by atoms with van der Waals surface area (Å²) in [4.78, 5) is 55.2. The Hall–Kier alpha value is -5.07. The number of anilines is 2. The predicted molar refractivity (Wildman–Crippen MR) is 202 cm³/mol. The first kappa shape index (κ1) is 37.2. The normalized spacial score (nSPS) is 13.2. The highest BCUT2D eigenvalue weighted by Gasteiger charge is 2.28. The van der Waals surface area contributed by atoms with E-state index < -0.39 is 23.0 Å². The summed E-state index contributed by atoms with van der Waals surface area (Å²) in [6, 6.07) is 20.9. The second-order valence-electron chi connectivity index (χ2n) is 11.7. The third kappa shape index (κ3) is 9.39. The fourth-order valence-electron chi connectivity index (χ4n) is 5.72. The fraction of sp³-hybridized carbons (Fsp3) is 0.282. The molecule has 12 heteroatoms. The number of fused-ring (bicyclic) bond motifs is 1. The molecule has 266 valence electrons. The number of thiophene rings is 1. The maximum absolute atomic E-state index is 13.7. The molecule has 1 heterocycles. The first-order chi connectivity index (χ1) is 24.7. The summed E-state index contributed by atoms with van der Waals surface area (Å²) >= 11 is 2.82. The van der Waals surface area contributed by atoms with Gasteiger partial charge in [0, 0.05) is 21.0 Å². The van der Waals surface area contributed by atoms with E-state index in [2.05, 4.69) is 16.0 Å². The largest absolute Gasteiger partial charge is 0.493 e. The third-order valence-corrected chi connectivity index (χ3v) is 10.9. The predicted octanol–water partition coefficient (Wildman–Crippen LogP) is 7.74. The van der Waals surface area contributed by atoms with Crippen LogP contribution in [0.1, 0.15) is 69.3 Å². The summed E-state index contributed by atoms with van der Waals surface area (Å²) in [5.74, 6) is -0.660. The van der Waals surface area contributed by atoms with Crippen molar-refractivity contribution in [2.24, 2.45) is 0 Å². The number of carbonyl (C=O) groups is 4. The Labute approximate surface area is 306 Å². The Balaban J connectivity index is 1.34. The molecule has 3 aromatic carbocycles. The molecule has 3 N–H and O–H groups in total. The Morgan fingerprint density at radius 3 is 2.35 bits per heavy atom. The maximum Gasteiger partial charge on any atom is 0.341 e. The van der Waals surface area contributed by atoms with Crippen molar-refractivity contribution < 1.29 is 33.4 Å². The third-order valence-electron chi connectivity index (χ3n) is 8.33. The molecular weight excluding hydrogens is 687 g/mol. The Morgan fingerprint density at radius 1 is 0.863 bits per heavy atom. The van der Waals surface area contributed by atoms with E-state index in [9.17, 15) is 19.2 Å². The molecule has 5 rings (SSSR count). The van der Waals surface area contributed by atoms with Crippen molar-refractivity contribution in [1.82, 2.24) is 5.32 Å². The number of hydrogen-bond acceptors (Lipinski definition) is 9. The first-order valence-corrected chi connectivity index (χ1v) is 18.4. The SMILES string of the molecule is CCC(Sc1cccc(NC(=O)/C(=C\c2ccc(OC)c(OC)c2)NC(=O)c2ccccc2)c1)C(=O)Nc1sc2c(c1C(=O)OC)CCCCC2. The van der Waals surface area contributed by atoms with Crippen LogP contribution in [0.3, 0.4) is 0 Å². The van der Waals surface area contributed by atoms with Crippen LogP contribution in [0.2, 0.25) is 0 Å². The van der Waals surface area contributed by atoms with Crippen LogP contribution in [0.15, 0.2) is 83.4 Å². The standard InChI is InChI=1S/C39H41N3O7S2/c1-5-32(37(45)42-38-34(39(46)49-4)28-17-10-7-11-18-33(28)51-38)50-27-16-12-15-26(23-27)40-36(44)29(41-35(43)25-13-8-6-9-14-25)21-24-19-20-30(47-2)31(22-24)48-3/h6,8-9,12-16,19-23,32H,5,7,10-11,17-18H2,1-4H3,(H,40,44)(H,41,43)(H,42,45)/b29-21+. The summed E-state index contributed by atoms with van der Waals surface area (Å²) in [7, 11) is 4.41. The van der Waals surface area contributed by atoms with Gasteiger partial charge >= 0.3 is 5.97 Å². The van der Waals surface area contributed by atoms with Crippen LogP contribution >= 0.6 is 23.1 Å². The second kappa shape index (κ2) is 17.7. The minimum Gasteiger partial charge on any atom is -0.493 e. The van der Waals surface area contributed by atoms with Gasteiger partial charge < -0.3 is 30.2 Å². The van der Waals surface area contributed by atoms with Gasteiger partial charge in [0.15, 0.2) is 11.5 Å². The topological polar surface area (TPSA) is 132 Å². The van der Waals surface area contributed by atoms with Crippen LogP contribution in [0.4, 0.5) is 10.7 Å². The highest BCUT2D eigenvalue weighted by Crippen LogP contribution is 2.39. The van der Waals surface area contributed by atoms with E-state index in [0.29, 0.717) is 45.3 Å². The highest BCUT2D eigenvalue weighted by atomic mass is 32.2. The first-order valence-electron chi connectivity index (χ1n) is 16.7. The molecule has 0 radical (unpaired) electrons. The van der Waals surface area contributed by atoms with Crippen LogP contribution < -0.4 is 25.4 Å². The smallest absolute Gasteiger partial charge is 0.341 e. The number of thioether (sulfide) groups is 1. The van der Waals surface area contributed by atoms with E-state index >= 15 is 0 Å². The molecule has 0 aliphatic heterocycles. The van der Waals surface area contributed by atoms with Gasteiger partial charge in [-0.05, 0) is 91.8 Å². The molecule has 1 atom stereocenters. The van der Waals surface area contributed by atoms with Gasteiger partial charge in [-0.15, -0.1) is 23.1 Å². The molecule has 4 aromatic rings. The molecule has 0 bridgehead atoms. The molecule has 0 fully saturated rings. The molecule has 51 heavy (non-hydrogen) atoms. The molecule has 0 spiro atoms. The quantitative estimate of drug-likeness (QED) is 0.0552. The van der Waals surface area contributed by atoms with Gasteiger partial charge in [-0.3, -0.25) is 14.4 Å². The number of methoxy groups -OCH3 is 3. The Kier molecular flexibility index (Phi) is 12.9. The second-order valence-corrected chi connectivity index (χ2v) is 14.1. The fourth-order valence-corrected chi connectivity index (χ4v) is 8.02. The monoisotopic (exact) mass is 727 g/mol. The number of benzene rings is 3. The van der Waals surface area contributed by atoms with Gasteiger partial charge in [0.1, 0.15) is 10.7 Å². The summed E-state index contributed by atoms with van der Waals surface area (Å²) in [6.45, 7) is 1.92. The molecule has 1 unspecified atom stereocenters. The van der Waals surface area contributed by atoms with Crippen molar-refractivity contribution in [3.8, 4) is 11.5 Å². The van der Waals surface area contributed by atoms with Gasteiger partial charge in [-0.25, -0.2) is 4.79 Å². The molecule has 0 saturated carbocycles. The zero-order valence-electron chi connectivity index (χ0n) is 29.0. The molecule has 1 aliphatic carbocycles. The van der Waals surface area contributed by atoms with E-state index in [-0.39, 0.29) is 11.6 Å². The summed E-state index contributed by atoms with van der Waals surface area (Å²) < 4.78 is 15.9. The average molecular weight is 728 g/mol. The lowest BCUT2D eigenvalue weighted by atomic mass is 10.1. The highest BCUT2D eigenvalue weighted by molar-refractivity contribution is 8.00. The van der Waals surface area contributed by atoms with Crippen molar-refractivity contribution in [3.63, 3.8) is 0 Å². The lowest BCUT2D eigenvalue weighted by Gasteiger charge is -2.16. The number of amides is 3. The molecule has 1 aromatic heterocycles. The van der Waals surface area contributed by atoms with Crippen molar-refractivity contribution in [3.05, 3.63) is 106 Å². The number of rotatable bonds is 13. The summed E-state index contributed by atoms with van der Waals surface area (Å²) in [5, 5.41) is 8.72. The number of nitrogens with one attached hydrogen (secondary N) is 3. The maximum atomic E-state index is 13.7. The summed E-state index contributed by atoms with van der Waals surface area (Å²) in [6.07, 6.45) is 6.90. The molecule has 0 saturated heterocycles. The van der Waals surface area contributed by atoms with Crippen molar-refractivity contribution in [2.45, 2.75) is 55.6 Å². The lowest BCUT2D eigenvalue weighted by molar-refractivity contribution is -0.116. The number of hydrogen-bond donors (Lipinski definition) is 3. The minimum absolute atomic E-state index is 0.00991. The number of ether oxygens (including phenoxy) is 3. The molecular formula is C39H41N3O7S2. The zero-order chi connectivity index (χ0) is 36.3. The van der Waals surface area contributed by atoms with E-state index in [0.717, 1.165) is 47.4 Å². The van der Waals surface area contributed by atoms with Crippen molar-refractivity contribution >= 4 is 63.6 Å². The Bertz CT molecular complexity index is 1920. The van der Waals surface area contributed by atoms with Gasteiger partial charge in [-0.2, -0.15) is 0 Å². The van der Waals surface area contributed by atoms with Crippen LogP contribution in [-0.4, -0.2) is 50.3 Å². The van der Waals surface area contributed by atoms with Crippen LogP contribution in [0, 0.1) is 0 Å². The molecule has 10 nitrogen and oxygen atoms in total. The van der Waals surface area contributed by atoms with E-state index in [4.69, 9.17) is 14.2 Å². The van der Waals surface area contributed by atoms with Crippen LogP contribution in [-0.2, 0) is 27.2 Å². The van der Waals surface area contributed by atoms with E-state index in [1.807, 2.05) is 13.0 Å². The minimum atomic E-state index is -0.547. The number of aryl methyl sites for hydroxylation is 1. The number of esters is 1. The van der Waals surface area contributed by atoms with E-state index in [1.54, 1.807) is 72.8 Å². The average Bonchev–Trinajstić information content (AvgIpc) is 3.32. The Morgan fingerprint density at radius 2 is 1.63 bits per heavy atom. The van der Waals surface area contributed by atoms with Crippen LogP contribution in [0.25, 0.3) is 6.08 Å². The summed E-state index contributed by atoms with van der Waals surface area (Å²) in [5.41, 5.74) is 2.93. The van der Waals surface area contributed by atoms with Crippen molar-refractivity contribution in [1.29, 1.82) is 0 Å². The van der Waals surface area contributed by atoms with Gasteiger partial charge in [-0.1, -0.05) is 43.7 Å². The van der Waals surface area contributed by atoms with Gasteiger partial charge in [0.2, 0.25) is 5.91 Å². The van der Waals surface area contributed by atoms with Crippen LogP contribution in [0.5, 0.6) is 11.5 Å². The van der Waals surface area contributed by atoms with Gasteiger partial charge in [0.05, 0.1) is 32.1 Å². The molecule has 3 amide bonds. The zero-order valence-corrected chi connectivity index (χ0v) is 30.6. The molecule has 1 aliphatic rings. The lowest BCUT2D eigenvalue weighted by Crippen LogP contribution is -2.30. The van der Waals surface area contributed by atoms with Crippen molar-refractivity contribution in [2.75, 3.05) is 32.0 Å². The van der Waals surface area contributed by atoms with Gasteiger partial charge in [0.25, 0.3) is 11.8 Å². The van der Waals surface area contributed by atoms with E-state index in [1.165, 1.54) is 44.4 Å².